The van der Waals surface area contributed by atoms with Crippen LogP contribution in [0.2, 0.25) is 0 Å². The highest BCUT2D eigenvalue weighted by Gasteiger charge is 2.32. The van der Waals surface area contributed by atoms with E-state index < -0.39 is 0 Å². The van der Waals surface area contributed by atoms with Gasteiger partial charge in [-0.2, -0.15) is 0 Å². The Morgan fingerprint density at radius 1 is 1.33 bits per heavy atom. The van der Waals surface area contributed by atoms with Crippen LogP contribution in [0.3, 0.4) is 0 Å². The molecule has 0 radical (unpaired) electrons. The number of methoxy groups -OCH3 is 1. The fourth-order valence-corrected chi connectivity index (χ4v) is 3.82. The topological polar surface area (TPSA) is 50.9 Å². The summed E-state index contributed by atoms with van der Waals surface area (Å²) in [4.78, 5) is 9.16. The van der Waals surface area contributed by atoms with Gasteiger partial charge in [0.05, 0.1) is 25.4 Å². The Bertz CT molecular complexity index is 693. The van der Waals surface area contributed by atoms with Crippen LogP contribution in [0.4, 0.5) is 5.69 Å². The third-order valence-corrected chi connectivity index (χ3v) is 4.75. The molecule has 0 spiro atoms. The molecule has 1 aliphatic rings. The van der Waals surface area contributed by atoms with Crippen LogP contribution in [0, 0.1) is 13.8 Å². The first kappa shape index (κ1) is 13.9. The molecule has 0 saturated carbocycles. The fourth-order valence-electron chi connectivity index (χ4n) is 2.84. The molecule has 1 unspecified atom stereocenters. The summed E-state index contributed by atoms with van der Waals surface area (Å²) in [6.45, 7) is 4.97. The maximum Gasteiger partial charge on any atom is 0.196 e. The number of ether oxygens (including phenoxy) is 1. The van der Waals surface area contributed by atoms with Gasteiger partial charge >= 0.3 is 0 Å². The van der Waals surface area contributed by atoms with Crippen LogP contribution in [0.15, 0.2) is 35.3 Å². The Hall–Kier alpha value is -2.01. The molecule has 4 nitrogen and oxygen atoms in total. The second-order valence-corrected chi connectivity index (χ2v) is 6.59. The third kappa shape index (κ3) is 2.38. The van der Waals surface area contributed by atoms with Crippen LogP contribution in [-0.2, 0) is 0 Å². The van der Waals surface area contributed by atoms with Gasteiger partial charge in [0.15, 0.2) is 5.96 Å². The average molecular weight is 301 g/mol. The molecular formula is C16H19N3OS. The maximum atomic E-state index is 6.14. The van der Waals surface area contributed by atoms with E-state index in [0.717, 1.165) is 11.4 Å². The minimum absolute atomic E-state index is 0.145. The number of benzene rings is 1. The van der Waals surface area contributed by atoms with Gasteiger partial charge in [-0.3, -0.25) is 9.89 Å². The predicted octanol–water partition coefficient (Wildman–Crippen LogP) is 3.25. The molecule has 1 atom stereocenters. The van der Waals surface area contributed by atoms with Crippen molar-refractivity contribution in [1.29, 1.82) is 0 Å². The van der Waals surface area contributed by atoms with Gasteiger partial charge < -0.3 is 10.5 Å². The first-order valence-electron chi connectivity index (χ1n) is 6.91. The predicted molar refractivity (Wildman–Crippen MR) is 88.5 cm³/mol. The number of nitrogens with two attached hydrogens (primary N) is 1. The largest absolute Gasteiger partial charge is 0.495 e. The van der Waals surface area contributed by atoms with Crippen molar-refractivity contribution in [3.8, 4) is 5.75 Å². The summed E-state index contributed by atoms with van der Waals surface area (Å²) in [6, 6.07) is 10.3. The summed E-state index contributed by atoms with van der Waals surface area (Å²) in [6.07, 6.45) is 0. The molecule has 2 N–H and O–H groups in total. The molecule has 110 valence electrons. The van der Waals surface area contributed by atoms with Crippen LogP contribution in [-0.4, -0.2) is 19.6 Å². The number of para-hydroxylation sites is 2. The van der Waals surface area contributed by atoms with Crippen LogP contribution in [0.25, 0.3) is 0 Å². The number of anilines is 1. The number of guanidine groups is 1. The van der Waals surface area contributed by atoms with Gasteiger partial charge in [0.2, 0.25) is 0 Å². The van der Waals surface area contributed by atoms with E-state index in [9.17, 15) is 0 Å². The highest BCUT2D eigenvalue weighted by molar-refractivity contribution is 7.12. The number of rotatable bonds is 3. The van der Waals surface area contributed by atoms with Crippen molar-refractivity contribution >= 4 is 23.0 Å². The van der Waals surface area contributed by atoms with E-state index in [4.69, 9.17) is 10.5 Å². The second-order valence-electron chi connectivity index (χ2n) is 5.13. The quantitative estimate of drug-likeness (QED) is 0.946. The van der Waals surface area contributed by atoms with E-state index in [-0.39, 0.29) is 6.04 Å². The smallest absolute Gasteiger partial charge is 0.196 e. The van der Waals surface area contributed by atoms with E-state index in [0.29, 0.717) is 12.5 Å². The summed E-state index contributed by atoms with van der Waals surface area (Å²) >= 11 is 1.81. The van der Waals surface area contributed by atoms with Gasteiger partial charge in [-0.1, -0.05) is 12.1 Å². The molecule has 0 fully saturated rings. The number of hydrogen-bond donors (Lipinski definition) is 1. The monoisotopic (exact) mass is 301 g/mol. The van der Waals surface area contributed by atoms with E-state index in [2.05, 4.69) is 29.8 Å². The van der Waals surface area contributed by atoms with Crippen molar-refractivity contribution in [2.24, 2.45) is 10.7 Å². The van der Waals surface area contributed by atoms with E-state index in [1.54, 1.807) is 7.11 Å². The summed E-state index contributed by atoms with van der Waals surface area (Å²) in [7, 11) is 1.68. The van der Waals surface area contributed by atoms with Gasteiger partial charge in [0.25, 0.3) is 0 Å². The molecule has 0 saturated heterocycles. The van der Waals surface area contributed by atoms with Crippen LogP contribution >= 0.6 is 11.3 Å². The molecule has 0 bridgehead atoms. The zero-order chi connectivity index (χ0) is 15.0. The Morgan fingerprint density at radius 3 is 2.76 bits per heavy atom. The first-order valence-corrected chi connectivity index (χ1v) is 7.72. The van der Waals surface area contributed by atoms with E-state index in [1.807, 2.05) is 35.6 Å². The minimum atomic E-state index is 0.145. The molecule has 1 aliphatic heterocycles. The molecule has 1 aromatic heterocycles. The fraction of sp³-hybridized carbons (Fsp3) is 0.312. The third-order valence-electron chi connectivity index (χ3n) is 3.77. The average Bonchev–Trinajstić information content (AvgIpc) is 3.01. The van der Waals surface area contributed by atoms with Crippen molar-refractivity contribution in [1.82, 2.24) is 0 Å². The maximum absolute atomic E-state index is 6.14. The van der Waals surface area contributed by atoms with Gasteiger partial charge in [0, 0.05) is 9.75 Å². The number of thiophene rings is 1. The van der Waals surface area contributed by atoms with Gasteiger partial charge in [-0.15, -0.1) is 11.3 Å². The summed E-state index contributed by atoms with van der Waals surface area (Å²) in [5.41, 5.74) is 8.41. The Labute approximate surface area is 128 Å². The Balaban J connectivity index is 2.06. The zero-order valence-electron chi connectivity index (χ0n) is 12.5. The number of hydrogen-bond acceptors (Lipinski definition) is 5. The van der Waals surface area contributed by atoms with Crippen LogP contribution < -0.4 is 15.4 Å². The highest BCUT2D eigenvalue weighted by atomic mass is 32.1. The normalized spacial score (nSPS) is 18.0. The van der Waals surface area contributed by atoms with Crippen molar-refractivity contribution in [2.45, 2.75) is 19.9 Å². The molecule has 3 rings (SSSR count). The molecule has 0 amide bonds. The molecular weight excluding hydrogens is 282 g/mol. The first-order chi connectivity index (χ1) is 10.1. The standard InChI is InChI=1S/C16H19N3OS/c1-10-8-12(11(2)21-10)14-9-18-16(17)19(14)13-6-4-5-7-15(13)20-3/h4-8,14H,9H2,1-3H3,(H2,17,18). The molecule has 0 aliphatic carbocycles. The van der Waals surface area contributed by atoms with E-state index >= 15 is 0 Å². The lowest BCUT2D eigenvalue weighted by Gasteiger charge is -2.27. The Kier molecular flexibility index (Phi) is 3.59. The lowest BCUT2D eigenvalue weighted by atomic mass is 10.1. The summed E-state index contributed by atoms with van der Waals surface area (Å²) < 4.78 is 5.48. The number of nitrogens with zero attached hydrogens (tertiary/aromatic N) is 2. The molecule has 1 aromatic carbocycles. The van der Waals surface area contributed by atoms with Crippen LogP contribution in [0.1, 0.15) is 21.4 Å². The highest BCUT2D eigenvalue weighted by Crippen LogP contribution is 2.39. The second kappa shape index (κ2) is 5.41. The van der Waals surface area contributed by atoms with Gasteiger partial charge in [-0.05, 0) is 37.6 Å². The number of aryl methyl sites for hydroxylation is 2. The lowest BCUT2D eigenvalue weighted by molar-refractivity contribution is 0.415. The van der Waals surface area contributed by atoms with Crippen molar-refractivity contribution in [3.05, 3.63) is 45.6 Å². The van der Waals surface area contributed by atoms with Crippen molar-refractivity contribution in [2.75, 3.05) is 18.6 Å². The molecule has 5 heteroatoms. The molecule has 2 heterocycles. The SMILES string of the molecule is COc1ccccc1N1C(N)=NCC1c1cc(C)sc1C. The zero-order valence-corrected chi connectivity index (χ0v) is 13.3. The summed E-state index contributed by atoms with van der Waals surface area (Å²) in [5, 5.41) is 0. The molecule has 21 heavy (non-hydrogen) atoms. The summed E-state index contributed by atoms with van der Waals surface area (Å²) in [5.74, 6) is 1.36. The minimum Gasteiger partial charge on any atom is -0.495 e. The van der Waals surface area contributed by atoms with Crippen molar-refractivity contribution in [3.63, 3.8) is 0 Å². The lowest BCUT2D eigenvalue weighted by Crippen LogP contribution is -2.36. The Morgan fingerprint density at radius 2 is 2.10 bits per heavy atom. The van der Waals surface area contributed by atoms with Crippen molar-refractivity contribution < 1.29 is 4.74 Å². The van der Waals surface area contributed by atoms with Gasteiger partial charge in [0.1, 0.15) is 5.75 Å². The van der Waals surface area contributed by atoms with E-state index in [1.165, 1.54) is 15.3 Å². The van der Waals surface area contributed by atoms with Gasteiger partial charge in [-0.25, -0.2) is 0 Å². The molecule has 2 aromatic rings. The van der Waals surface area contributed by atoms with Crippen LogP contribution in [0.5, 0.6) is 5.75 Å². The number of aliphatic imine (C=N–C) groups is 1.